The molecule has 5 rings (SSSR count). The van der Waals surface area contributed by atoms with E-state index in [2.05, 4.69) is 11.1 Å². The topological polar surface area (TPSA) is 61.2 Å². The van der Waals surface area contributed by atoms with Crippen LogP contribution in [-0.2, 0) is 4.74 Å². The number of ether oxygens (including phenoxy) is 1. The lowest BCUT2D eigenvalue weighted by molar-refractivity contribution is 0.0601. The number of aryl methyl sites for hydroxylation is 2. The minimum Gasteiger partial charge on any atom is -0.465 e. The molecule has 31 heavy (non-hydrogen) atoms. The number of hydrogen-bond acceptors (Lipinski definition) is 4. The second-order valence-electron chi connectivity index (χ2n) is 7.70. The van der Waals surface area contributed by atoms with Crippen molar-refractivity contribution >= 4 is 38.5 Å². The van der Waals surface area contributed by atoms with E-state index in [1.165, 1.54) is 7.11 Å². The molecule has 0 unspecified atom stereocenters. The molecule has 5 nitrogen and oxygen atoms in total. The van der Waals surface area contributed by atoms with Crippen LogP contribution in [0.15, 0.2) is 71.7 Å². The van der Waals surface area contributed by atoms with Gasteiger partial charge in [0.25, 0.3) is 5.56 Å². The molecular weight excluding hydrogens is 388 g/mol. The Hall–Kier alpha value is -3.99. The lowest BCUT2D eigenvalue weighted by Gasteiger charge is -2.16. The molecule has 5 heteroatoms. The molecule has 2 heterocycles. The highest BCUT2D eigenvalue weighted by Crippen LogP contribution is 2.30. The Labute approximate surface area is 178 Å². The van der Waals surface area contributed by atoms with Crippen LogP contribution in [0, 0.1) is 13.8 Å². The lowest BCUT2D eigenvalue weighted by atomic mass is 9.99. The quantitative estimate of drug-likeness (QED) is 0.301. The maximum Gasteiger partial charge on any atom is 0.337 e. The summed E-state index contributed by atoms with van der Waals surface area (Å²) in [6, 6.07) is 18.9. The maximum absolute atomic E-state index is 13.8. The van der Waals surface area contributed by atoms with Crippen molar-refractivity contribution in [2.75, 3.05) is 7.11 Å². The third kappa shape index (κ3) is 2.89. The van der Waals surface area contributed by atoms with Gasteiger partial charge in [-0.05, 0) is 72.8 Å². The van der Waals surface area contributed by atoms with Crippen LogP contribution in [0.5, 0.6) is 0 Å². The van der Waals surface area contributed by atoms with Gasteiger partial charge in [-0.3, -0.25) is 14.3 Å². The van der Waals surface area contributed by atoms with E-state index in [0.29, 0.717) is 10.9 Å². The third-order valence-corrected chi connectivity index (χ3v) is 5.87. The van der Waals surface area contributed by atoms with Crippen molar-refractivity contribution in [3.05, 3.63) is 93.9 Å². The summed E-state index contributed by atoms with van der Waals surface area (Å²) < 4.78 is 6.61. The number of rotatable bonds is 2. The molecule has 0 aliphatic rings. The predicted octanol–water partition coefficient (Wildman–Crippen LogP) is 5.10. The number of fused-ring (bicyclic) bond motifs is 4. The molecule has 0 fully saturated rings. The van der Waals surface area contributed by atoms with Gasteiger partial charge in [0, 0.05) is 22.4 Å². The second-order valence-corrected chi connectivity index (χ2v) is 7.70. The fourth-order valence-electron chi connectivity index (χ4n) is 4.14. The van der Waals surface area contributed by atoms with E-state index in [4.69, 9.17) is 4.74 Å². The first kappa shape index (κ1) is 19.0. The fourth-order valence-corrected chi connectivity index (χ4v) is 4.14. The molecule has 0 saturated carbocycles. The summed E-state index contributed by atoms with van der Waals surface area (Å²) in [6.45, 7) is 4.07. The van der Waals surface area contributed by atoms with Gasteiger partial charge >= 0.3 is 5.97 Å². The summed E-state index contributed by atoms with van der Waals surface area (Å²) >= 11 is 0. The number of benzene rings is 3. The molecule has 0 spiro atoms. The number of para-hydroxylation sites is 1. The van der Waals surface area contributed by atoms with Gasteiger partial charge in [-0.15, -0.1) is 0 Å². The van der Waals surface area contributed by atoms with Gasteiger partial charge in [0.15, 0.2) is 0 Å². The largest absolute Gasteiger partial charge is 0.465 e. The summed E-state index contributed by atoms with van der Waals surface area (Å²) in [6.07, 6.45) is 1.73. The van der Waals surface area contributed by atoms with Gasteiger partial charge in [-0.1, -0.05) is 18.2 Å². The standard InChI is InChI=1S/C26H20N2O3/c1-15-12-21-20-14-18(26(30)31-3)9-10-19(20)25(29)28(23(21)13-16(15)2)22-8-4-6-17-7-5-11-27-24(17)22/h4-14H,1-3H3. The molecule has 0 aliphatic heterocycles. The van der Waals surface area contributed by atoms with Crippen LogP contribution in [-0.4, -0.2) is 22.6 Å². The van der Waals surface area contributed by atoms with E-state index < -0.39 is 5.97 Å². The summed E-state index contributed by atoms with van der Waals surface area (Å²) in [5, 5.41) is 3.13. The Kier molecular flexibility index (Phi) is 4.33. The van der Waals surface area contributed by atoms with E-state index in [-0.39, 0.29) is 5.56 Å². The van der Waals surface area contributed by atoms with Gasteiger partial charge in [0.1, 0.15) is 0 Å². The highest BCUT2D eigenvalue weighted by atomic mass is 16.5. The average Bonchev–Trinajstić information content (AvgIpc) is 2.80. The van der Waals surface area contributed by atoms with E-state index >= 15 is 0 Å². The Morgan fingerprint density at radius 1 is 0.903 bits per heavy atom. The Morgan fingerprint density at radius 2 is 1.68 bits per heavy atom. The van der Waals surface area contributed by atoms with Crippen LogP contribution in [0.2, 0.25) is 0 Å². The van der Waals surface area contributed by atoms with Crippen molar-refractivity contribution in [1.29, 1.82) is 0 Å². The SMILES string of the molecule is COC(=O)c1ccc2c(=O)n(-c3cccc4cccnc34)c3cc(C)c(C)cc3c2c1. The van der Waals surface area contributed by atoms with Crippen molar-refractivity contribution in [2.24, 2.45) is 0 Å². The number of hydrogen-bond donors (Lipinski definition) is 0. The van der Waals surface area contributed by atoms with Crippen molar-refractivity contribution in [3.8, 4) is 5.69 Å². The molecule has 0 saturated heterocycles. The van der Waals surface area contributed by atoms with Gasteiger partial charge in [-0.25, -0.2) is 4.79 Å². The first-order chi connectivity index (χ1) is 15.0. The van der Waals surface area contributed by atoms with Crippen LogP contribution >= 0.6 is 0 Å². The van der Waals surface area contributed by atoms with Gasteiger partial charge in [-0.2, -0.15) is 0 Å². The predicted molar refractivity (Wildman–Crippen MR) is 123 cm³/mol. The number of pyridine rings is 2. The molecule has 3 aromatic carbocycles. The Balaban J connectivity index is 2.00. The highest BCUT2D eigenvalue weighted by molar-refractivity contribution is 6.09. The number of methoxy groups -OCH3 is 1. The normalized spacial score (nSPS) is 11.3. The zero-order valence-electron chi connectivity index (χ0n) is 17.5. The molecule has 152 valence electrons. The Morgan fingerprint density at radius 3 is 2.48 bits per heavy atom. The first-order valence-electron chi connectivity index (χ1n) is 10.0. The maximum atomic E-state index is 13.8. The first-order valence-corrected chi connectivity index (χ1v) is 10.0. The molecule has 0 bridgehead atoms. The Bertz CT molecular complexity index is 1580. The highest BCUT2D eigenvalue weighted by Gasteiger charge is 2.17. The number of esters is 1. The van der Waals surface area contributed by atoms with Crippen LogP contribution in [0.3, 0.4) is 0 Å². The molecule has 0 N–H and O–H groups in total. The van der Waals surface area contributed by atoms with Crippen molar-refractivity contribution in [1.82, 2.24) is 9.55 Å². The number of carbonyl (C=O) groups excluding carboxylic acids is 1. The summed E-state index contributed by atoms with van der Waals surface area (Å²) in [5.41, 5.74) is 4.72. The second kappa shape index (κ2) is 7.06. The molecule has 0 radical (unpaired) electrons. The van der Waals surface area contributed by atoms with E-state index in [0.717, 1.165) is 44.0 Å². The van der Waals surface area contributed by atoms with Crippen LogP contribution in [0.1, 0.15) is 21.5 Å². The minimum atomic E-state index is -0.429. The van der Waals surface area contributed by atoms with Gasteiger partial charge < -0.3 is 4.74 Å². The summed E-state index contributed by atoms with van der Waals surface area (Å²) in [7, 11) is 1.35. The summed E-state index contributed by atoms with van der Waals surface area (Å²) in [4.78, 5) is 30.4. The van der Waals surface area contributed by atoms with Crippen LogP contribution in [0.25, 0.3) is 38.3 Å². The van der Waals surface area contributed by atoms with Gasteiger partial charge in [0.05, 0.1) is 29.4 Å². The zero-order valence-corrected chi connectivity index (χ0v) is 17.5. The molecule has 0 atom stereocenters. The van der Waals surface area contributed by atoms with Crippen molar-refractivity contribution in [3.63, 3.8) is 0 Å². The minimum absolute atomic E-state index is 0.152. The number of aromatic nitrogens is 2. The fraction of sp³-hybridized carbons (Fsp3) is 0.115. The van der Waals surface area contributed by atoms with Crippen LogP contribution in [0.4, 0.5) is 0 Å². The molecule has 2 aromatic heterocycles. The lowest BCUT2D eigenvalue weighted by Crippen LogP contribution is -2.20. The molecule has 0 aliphatic carbocycles. The molecule has 5 aromatic rings. The average molecular weight is 408 g/mol. The van der Waals surface area contributed by atoms with Crippen LogP contribution < -0.4 is 5.56 Å². The monoisotopic (exact) mass is 408 g/mol. The van der Waals surface area contributed by atoms with Gasteiger partial charge in [0.2, 0.25) is 0 Å². The summed E-state index contributed by atoms with van der Waals surface area (Å²) in [5.74, 6) is -0.429. The van der Waals surface area contributed by atoms with Crippen molar-refractivity contribution in [2.45, 2.75) is 13.8 Å². The smallest absolute Gasteiger partial charge is 0.337 e. The van der Waals surface area contributed by atoms with E-state index in [1.54, 1.807) is 29.0 Å². The van der Waals surface area contributed by atoms with E-state index in [9.17, 15) is 9.59 Å². The zero-order chi connectivity index (χ0) is 21.7. The molecular formula is C26H20N2O3. The number of carbonyl (C=O) groups is 1. The van der Waals surface area contributed by atoms with Crippen molar-refractivity contribution < 1.29 is 9.53 Å². The van der Waals surface area contributed by atoms with E-state index in [1.807, 2.05) is 50.2 Å². The number of nitrogens with zero attached hydrogens (tertiary/aromatic N) is 2. The third-order valence-electron chi connectivity index (χ3n) is 5.87. The molecule has 0 amide bonds.